The quantitative estimate of drug-likeness (QED) is 0.0261. The van der Waals surface area contributed by atoms with E-state index in [1.54, 1.807) is 0 Å². The molecule has 464 valence electrons. The number of carbonyl (C=O) groups excluding carboxylic acids is 3. The highest BCUT2D eigenvalue weighted by Gasteiger charge is 2.19. The highest BCUT2D eigenvalue weighted by molar-refractivity contribution is 5.71. The molecule has 0 rings (SSSR count). The first-order valence-corrected chi connectivity index (χ1v) is 34.4. The lowest BCUT2D eigenvalue weighted by atomic mass is 10.0. The van der Waals surface area contributed by atoms with Gasteiger partial charge in [-0.15, -0.1) is 0 Å². The lowest BCUT2D eigenvalue weighted by Crippen LogP contribution is -2.30. The van der Waals surface area contributed by atoms with E-state index in [1.165, 1.54) is 167 Å². The summed E-state index contributed by atoms with van der Waals surface area (Å²) in [5.41, 5.74) is 0. The summed E-state index contributed by atoms with van der Waals surface area (Å²) in [5.74, 6) is -0.938. The lowest BCUT2D eigenvalue weighted by molar-refractivity contribution is -0.167. The zero-order chi connectivity index (χ0) is 58.5. The van der Waals surface area contributed by atoms with Crippen LogP contribution in [0.4, 0.5) is 0 Å². The van der Waals surface area contributed by atoms with Crippen molar-refractivity contribution in [2.24, 2.45) is 0 Å². The molecule has 0 aliphatic carbocycles. The topological polar surface area (TPSA) is 78.9 Å². The van der Waals surface area contributed by atoms with Crippen LogP contribution in [-0.2, 0) is 28.6 Å². The Hall–Kier alpha value is -3.93. The van der Waals surface area contributed by atoms with E-state index < -0.39 is 6.10 Å². The van der Waals surface area contributed by atoms with Gasteiger partial charge in [-0.25, -0.2) is 0 Å². The molecule has 0 aromatic heterocycles. The van der Waals surface area contributed by atoms with Crippen LogP contribution in [-0.4, -0.2) is 37.2 Å². The molecule has 0 aliphatic heterocycles. The average Bonchev–Trinajstić information content (AvgIpc) is 3.47. The molecule has 0 fully saturated rings. The number of hydrogen-bond acceptors (Lipinski definition) is 6. The van der Waals surface area contributed by atoms with E-state index in [9.17, 15) is 14.4 Å². The van der Waals surface area contributed by atoms with Crippen LogP contribution in [0.15, 0.2) is 109 Å². The molecule has 6 heteroatoms. The molecular formula is C75H128O6. The van der Waals surface area contributed by atoms with E-state index in [2.05, 4.69) is 130 Å². The number of carbonyl (C=O) groups is 3. The molecule has 0 heterocycles. The van der Waals surface area contributed by atoms with Gasteiger partial charge in [-0.2, -0.15) is 0 Å². The zero-order valence-corrected chi connectivity index (χ0v) is 53.3. The summed E-state index contributed by atoms with van der Waals surface area (Å²) in [4.78, 5) is 38.3. The minimum Gasteiger partial charge on any atom is -0.462 e. The highest BCUT2D eigenvalue weighted by atomic mass is 16.6. The van der Waals surface area contributed by atoms with E-state index in [1.807, 2.05) is 0 Å². The van der Waals surface area contributed by atoms with Crippen LogP contribution in [0.3, 0.4) is 0 Å². The second kappa shape index (κ2) is 68.6. The van der Waals surface area contributed by atoms with E-state index in [0.717, 1.165) is 122 Å². The third-order valence-corrected chi connectivity index (χ3v) is 14.8. The second-order valence-corrected chi connectivity index (χ2v) is 22.7. The average molecular weight is 1130 g/mol. The fraction of sp³-hybridized carbons (Fsp3) is 0.720. The molecule has 0 aromatic rings. The molecule has 0 saturated carbocycles. The molecule has 0 amide bonds. The van der Waals surface area contributed by atoms with Crippen molar-refractivity contribution >= 4 is 17.9 Å². The maximum atomic E-state index is 12.9. The van der Waals surface area contributed by atoms with Crippen LogP contribution in [0.1, 0.15) is 329 Å². The first kappa shape index (κ1) is 77.1. The van der Waals surface area contributed by atoms with Crippen molar-refractivity contribution < 1.29 is 28.6 Å². The summed E-state index contributed by atoms with van der Waals surface area (Å²) in [6, 6.07) is 0. The smallest absolute Gasteiger partial charge is 0.306 e. The van der Waals surface area contributed by atoms with Gasteiger partial charge in [0.25, 0.3) is 0 Å². The fourth-order valence-corrected chi connectivity index (χ4v) is 9.62. The van der Waals surface area contributed by atoms with E-state index in [4.69, 9.17) is 14.2 Å². The third-order valence-electron chi connectivity index (χ3n) is 14.8. The summed E-state index contributed by atoms with van der Waals surface area (Å²) in [6.07, 6.45) is 94.1. The Labute approximate surface area is 501 Å². The van der Waals surface area contributed by atoms with Gasteiger partial charge in [0.15, 0.2) is 6.10 Å². The van der Waals surface area contributed by atoms with Gasteiger partial charge in [-0.1, -0.05) is 316 Å². The molecule has 81 heavy (non-hydrogen) atoms. The van der Waals surface area contributed by atoms with Gasteiger partial charge in [-0.3, -0.25) is 14.4 Å². The van der Waals surface area contributed by atoms with Crippen LogP contribution in [0.2, 0.25) is 0 Å². The van der Waals surface area contributed by atoms with Gasteiger partial charge in [0.2, 0.25) is 0 Å². The maximum absolute atomic E-state index is 12.9. The summed E-state index contributed by atoms with van der Waals surface area (Å²) < 4.78 is 16.9. The van der Waals surface area contributed by atoms with Gasteiger partial charge >= 0.3 is 17.9 Å². The summed E-state index contributed by atoms with van der Waals surface area (Å²) in [5, 5.41) is 0. The van der Waals surface area contributed by atoms with Crippen LogP contribution >= 0.6 is 0 Å². The number of allylic oxidation sites excluding steroid dienone is 18. The molecule has 0 saturated heterocycles. The van der Waals surface area contributed by atoms with Crippen molar-refractivity contribution in [2.75, 3.05) is 13.2 Å². The van der Waals surface area contributed by atoms with Crippen LogP contribution in [0.25, 0.3) is 0 Å². The van der Waals surface area contributed by atoms with Crippen molar-refractivity contribution in [2.45, 2.75) is 335 Å². The van der Waals surface area contributed by atoms with Crippen molar-refractivity contribution in [1.29, 1.82) is 0 Å². The molecule has 1 unspecified atom stereocenters. The van der Waals surface area contributed by atoms with Crippen molar-refractivity contribution in [1.82, 2.24) is 0 Å². The van der Waals surface area contributed by atoms with Gasteiger partial charge < -0.3 is 14.2 Å². The molecule has 1 atom stereocenters. The Morgan fingerprint density at radius 1 is 0.259 bits per heavy atom. The summed E-state index contributed by atoms with van der Waals surface area (Å²) in [6.45, 7) is 6.48. The SMILES string of the molecule is CC/C=C\C/C=C\C/C=C\C/C=C\C/C=C\C/C=C\C/C=C\C/C=C\CCCCC(=O)OCC(COC(=O)CCCCCCC/C=C\CCCC)OC(=O)CCCCCCCCCCCCCCCCCCCCCCCCCCC. The second-order valence-electron chi connectivity index (χ2n) is 22.7. The Kier molecular flexibility index (Phi) is 65.2. The van der Waals surface area contributed by atoms with Crippen LogP contribution in [0.5, 0.6) is 0 Å². The third kappa shape index (κ3) is 66.8. The molecular weight excluding hydrogens is 997 g/mol. The fourth-order valence-electron chi connectivity index (χ4n) is 9.62. The largest absolute Gasteiger partial charge is 0.462 e. The molecule has 0 aromatic carbocycles. The van der Waals surface area contributed by atoms with Crippen LogP contribution < -0.4 is 0 Å². The number of rotatable bonds is 62. The Morgan fingerprint density at radius 3 is 0.827 bits per heavy atom. The van der Waals surface area contributed by atoms with Gasteiger partial charge in [-0.05, 0) is 103 Å². The Balaban J connectivity index is 4.32. The standard InChI is InChI=1S/C75H128O6/c1-4-7-10-13-16-19-22-24-26-28-30-32-34-36-37-39-40-42-44-46-48-50-53-56-59-62-65-68-74(77)80-71-72(70-79-73(76)67-64-61-58-55-52-21-18-15-12-9-6-3)81-75(78)69-66-63-60-57-54-51-49-47-45-43-41-38-35-33-31-29-27-25-23-20-17-14-11-8-5-2/h7,10,15-16,18-19,24,26,30,32,36-37,40,42,46,48,53,56,72H,4-6,8-9,11-14,17,20-23,25,27-29,31,33-35,38-39,41,43-45,47,49-52,54-55,57-71H2,1-3H3/b10-7-,18-15-,19-16-,26-24-,32-30-,37-36-,42-40-,48-46-,56-53-. The van der Waals surface area contributed by atoms with Crippen molar-refractivity contribution in [3.05, 3.63) is 109 Å². The van der Waals surface area contributed by atoms with E-state index in [-0.39, 0.29) is 31.1 Å². The minimum absolute atomic E-state index is 0.0949. The minimum atomic E-state index is -0.801. The normalized spacial score (nSPS) is 12.8. The predicted octanol–water partition coefficient (Wildman–Crippen LogP) is 23.8. The van der Waals surface area contributed by atoms with E-state index >= 15 is 0 Å². The van der Waals surface area contributed by atoms with Crippen molar-refractivity contribution in [3.8, 4) is 0 Å². The maximum Gasteiger partial charge on any atom is 0.306 e. The first-order valence-electron chi connectivity index (χ1n) is 34.4. The number of esters is 3. The van der Waals surface area contributed by atoms with E-state index in [0.29, 0.717) is 19.3 Å². The van der Waals surface area contributed by atoms with Crippen molar-refractivity contribution in [3.63, 3.8) is 0 Å². The lowest BCUT2D eigenvalue weighted by Gasteiger charge is -2.18. The van der Waals surface area contributed by atoms with Gasteiger partial charge in [0, 0.05) is 19.3 Å². The highest BCUT2D eigenvalue weighted by Crippen LogP contribution is 2.17. The Morgan fingerprint density at radius 2 is 0.494 bits per heavy atom. The number of ether oxygens (including phenoxy) is 3. The number of hydrogen-bond donors (Lipinski definition) is 0. The molecule has 0 bridgehead atoms. The monoisotopic (exact) mass is 1120 g/mol. The first-order chi connectivity index (χ1) is 40.0. The molecule has 0 N–H and O–H groups in total. The van der Waals surface area contributed by atoms with Crippen LogP contribution in [0, 0.1) is 0 Å². The summed E-state index contributed by atoms with van der Waals surface area (Å²) >= 11 is 0. The molecule has 0 spiro atoms. The zero-order valence-electron chi connectivity index (χ0n) is 53.3. The molecule has 6 nitrogen and oxygen atoms in total. The molecule has 0 radical (unpaired) electrons. The molecule has 0 aliphatic rings. The van der Waals surface area contributed by atoms with Gasteiger partial charge in [0.1, 0.15) is 13.2 Å². The predicted molar refractivity (Wildman–Crippen MR) is 353 cm³/mol. The number of unbranched alkanes of at least 4 members (excludes halogenated alkanes) is 33. The van der Waals surface area contributed by atoms with Gasteiger partial charge in [0.05, 0.1) is 0 Å². The summed E-state index contributed by atoms with van der Waals surface area (Å²) in [7, 11) is 0. The Bertz CT molecular complexity index is 1620.